The Hall–Kier alpha value is -2.24. The molecular weight excluding hydrogens is 196 g/mol. The molecule has 2 aromatic rings. The summed E-state index contributed by atoms with van der Waals surface area (Å²) in [5, 5.41) is 12.6. The van der Waals surface area contributed by atoms with Gasteiger partial charge in [0.15, 0.2) is 0 Å². The Balaban J connectivity index is 2.50. The Morgan fingerprint density at radius 2 is 2.13 bits per heavy atom. The summed E-state index contributed by atoms with van der Waals surface area (Å²) in [4.78, 5) is 22.8. The van der Waals surface area contributed by atoms with Crippen molar-refractivity contribution in [3.05, 3.63) is 17.2 Å². The summed E-state index contributed by atoms with van der Waals surface area (Å²) in [7, 11) is 0. The summed E-state index contributed by atoms with van der Waals surface area (Å²) in [5.74, 6) is -1.14. The van der Waals surface area contributed by atoms with E-state index in [0.29, 0.717) is 22.3 Å². The molecule has 1 amide bonds. The van der Waals surface area contributed by atoms with Crippen molar-refractivity contribution >= 4 is 28.4 Å². The highest BCUT2D eigenvalue weighted by atomic mass is 16.2. The third-order valence-corrected chi connectivity index (χ3v) is 2.50. The van der Waals surface area contributed by atoms with E-state index in [1.165, 1.54) is 0 Å². The molecule has 0 saturated carbocycles. The van der Waals surface area contributed by atoms with E-state index in [1.54, 1.807) is 6.07 Å². The fraction of sp³-hybridized carbons (Fsp3) is 0.111. The third-order valence-electron chi connectivity index (χ3n) is 2.50. The van der Waals surface area contributed by atoms with Crippen LogP contribution in [0.3, 0.4) is 0 Å². The van der Waals surface area contributed by atoms with Gasteiger partial charge in [-0.15, -0.1) is 5.10 Å². The molecule has 0 radical (unpaired) electrons. The molecule has 6 nitrogen and oxygen atoms in total. The molecule has 0 aliphatic carbocycles. The second kappa shape index (κ2) is 2.41. The van der Waals surface area contributed by atoms with Crippen molar-refractivity contribution in [2.24, 2.45) is 0 Å². The first-order valence-electron chi connectivity index (χ1n) is 4.38. The fourth-order valence-corrected chi connectivity index (χ4v) is 1.79. The number of aromatic nitrogens is 3. The van der Waals surface area contributed by atoms with Crippen molar-refractivity contribution in [2.75, 3.05) is 5.32 Å². The lowest BCUT2D eigenvalue weighted by atomic mass is 10.1. The number of hydrogen-bond donors (Lipinski definition) is 2. The second-order valence-electron chi connectivity index (χ2n) is 3.43. The van der Waals surface area contributed by atoms with Gasteiger partial charge in [-0.25, -0.2) is 0 Å². The van der Waals surface area contributed by atoms with Gasteiger partial charge in [0, 0.05) is 0 Å². The maximum absolute atomic E-state index is 11.6. The molecule has 3 rings (SSSR count). The van der Waals surface area contributed by atoms with Gasteiger partial charge in [0.2, 0.25) is 0 Å². The van der Waals surface area contributed by atoms with Gasteiger partial charge in [-0.3, -0.25) is 14.7 Å². The number of hydrogen-bond acceptors (Lipinski definition) is 4. The Morgan fingerprint density at radius 1 is 1.33 bits per heavy atom. The lowest BCUT2D eigenvalue weighted by Crippen LogP contribution is -2.12. The van der Waals surface area contributed by atoms with Crippen LogP contribution in [-0.2, 0) is 4.79 Å². The van der Waals surface area contributed by atoms with E-state index < -0.39 is 11.7 Å². The Morgan fingerprint density at radius 3 is 2.93 bits per heavy atom. The highest BCUT2D eigenvalue weighted by molar-refractivity contribution is 6.53. The molecule has 74 valence electrons. The molecular formula is C9H6N4O2. The minimum absolute atomic E-state index is 0.347. The molecule has 2 N–H and O–H groups in total. The van der Waals surface area contributed by atoms with Crippen LogP contribution in [0.4, 0.5) is 5.69 Å². The first-order chi connectivity index (χ1) is 7.18. The number of amides is 1. The van der Waals surface area contributed by atoms with Crippen molar-refractivity contribution in [1.82, 2.24) is 15.4 Å². The van der Waals surface area contributed by atoms with Crippen LogP contribution >= 0.6 is 0 Å². The number of anilines is 1. The van der Waals surface area contributed by atoms with Gasteiger partial charge in [0.05, 0.1) is 16.8 Å². The highest BCUT2D eigenvalue weighted by Crippen LogP contribution is 2.31. The summed E-state index contributed by atoms with van der Waals surface area (Å²) in [6.07, 6.45) is 0. The van der Waals surface area contributed by atoms with Crippen LogP contribution in [0, 0.1) is 6.92 Å². The number of aromatic amines is 1. The molecule has 1 aliphatic heterocycles. The number of nitrogens with one attached hydrogen (secondary N) is 2. The van der Waals surface area contributed by atoms with E-state index in [0.717, 1.165) is 5.56 Å². The molecule has 0 fully saturated rings. The standard InChI is InChI=1S/C9H6N4O2/c1-3-2-4-7(12-13-11-4)5-6(3)10-9(15)8(5)14/h2H,1H3,(H,10,14,15)(H,11,12,13). The van der Waals surface area contributed by atoms with E-state index in [4.69, 9.17) is 0 Å². The van der Waals surface area contributed by atoms with Crippen molar-refractivity contribution in [3.63, 3.8) is 0 Å². The van der Waals surface area contributed by atoms with Crippen molar-refractivity contribution in [2.45, 2.75) is 6.92 Å². The number of nitrogens with zero attached hydrogens (tertiary/aromatic N) is 2. The van der Waals surface area contributed by atoms with E-state index in [-0.39, 0.29) is 0 Å². The molecule has 0 unspecified atom stereocenters. The minimum Gasteiger partial charge on any atom is -0.318 e. The van der Waals surface area contributed by atoms with Crippen LogP contribution < -0.4 is 5.32 Å². The lowest BCUT2D eigenvalue weighted by Gasteiger charge is -2.01. The highest BCUT2D eigenvalue weighted by Gasteiger charge is 2.32. The zero-order valence-electron chi connectivity index (χ0n) is 7.79. The topological polar surface area (TPSA) is 87.7 Å². The number of carbonyl (C=O) groups is 2. The maximum Gasteiger partial charge on any atom is 0.296 e. The predicted octanol–water partition coefficient (Wildman–Crippen LogP) is 0.401. The summed E-state index contributed by atoms with van der Waals surface area (Å²) < 4.78 is 0. The fourth-order valence-electron chi connectivity index (χ4n) is 1.79. The van der Waals surface area contributed by atoms with Crippen molar-refractivity contribution < 1.29 is 9.59 Å². The average Bonchev–Trinajstić information content (AvgIpc) is 2.74. The van der Waals surface area contributed by atoms with Crippen LogP contribution in [0.15, 0.2) is 6.07 Å². The quantitative estimate of drug-likeness (QED) is 0.605. The number of H-pyrrole nitrogens is 1. The van der Waals surface area contributed by atoms with Gasteiger partial charge >= 0.3 is 0 Å². The van der Waals surface area contributed by atoms with Crippen molar-refractivity contribution in [3.8, 4) is 0 Å². The van der Waals surface area contributed by atoms with Crippen LogP contribution in [0.1, 0.15) is 15.9 Å². The number of ketones is 1. The molecule has 1 aromatic heterocycles. The van der Waals surface area contributed by atoms with Crippen LogP contribution in [-0.4, -0.2) is 27.1 Å². The summed E-state index contributed by atoms with van der Waals surface area (Å²) in [5.41, 5.74) is 2.82. The molecule has 0 atom stereocenters. The number of Topliss-reactive ketones (excluding diaryl/α,β-unsaturated/α-hetero) is 1. The first kappa shape index (κ1) is 8.10. The number of aryl methyl sites for hydroxylation is 1. The zero-order chi connectivity index (χ0) is 10.6. The zero-order valence-corrected chi connectivity index (χ0v) is 7.79. The van der Waals surface area contributed by atoms with Gasteiger partial charge in [-0.2, -0.15) is 0 Å². The lowest BCUT2D eigenvalue weighted by molar-refractivity contribution is -0.112. The predicted molar refractivity (Wildman–Crippen MR) is 51.6 cm³/mol. The summed E-state index contributed by atoms with van der Waals surface area (Å²) in [6.45, 7) is 1.81. The van der Waals surface area contributed by atoms with Gasteiger partial charge in [-0.1, -0.05) is 5.21 Å². The third kappa shape index (κ3) is 0.876. The van der Waals surface area contributed by atoms with E-state index >= 15 is 0 Å². The normalized spacial score (nSPS) is 14.5. The van der Waals surface area contributed by atoms with E-state index in [1.807, 2.05) is 6.92 Å². The van der Waals surface area contributed by atoms with Crippen LogP contribution in [0.2, 0.25) is 0 Å². The van der Waals surface area contributed by atoms with Crippen LogP contribution in [0.5, 0.6) is 0 Å². The smallest absolute Gasteiger partial charge is 0.296 e. The second-order valence-corrected chi connectivity index (χ2v) is 3.43. The van der Waals surface area contributed by atoms with Gasteiger partial charge < -0.3 is 5.32 Å². The number of carbonyl (C=O) groups excluding carboxylic acids is 2. The van der Waals surface area contributed by atoms with Gasteiger partial charge in [0.1, 0.15) is 5.52 Å². The number of fused-ring (bicyclic) bond motifs is 3. The molecule has 2 heterocycles. The molecule has 1 aromatic carbocycles. The largest absolute Gasteiger partial charge is 0.318 e. The van der Waals surface area contributed by atoms with Gasteiger partial charge in [-0.05, 0) is 18.6 Å². The molecule has 0 spiro atoms. The molecule has 1 aliphatic rings. The van der Waals surface area contributed by atoms with E-state index in [9.17, 15) is 9.59 Å². The van der Waals surface area contributed by atoms with Gasteiger partial charge in [0.25, 0.3) is 11.7 Å². The number of benzene rings is 1. The Kier molecular flexibility index (Phi) is 1.30. The average molecular weight is 202 g/mol. The SMILES string of the molecule is Cc1cc2nn[nH]c2c2c1NC(=O)C2=O. The molecule has 0 bridgehead atoms. The van der Waals surface area contributed by atoms with Crippen molar-refractivity contribution in [1.29, 1.82) is 0 Å². The monoisotopic (exact) mass is 202 g/mol. The Bertz CT molecular complexity index is 614. The van der Waals surface area contributed by atoms with Crippen LogP contribution in [0.25, 0.3) is 11.0 Å². The number of rotatable bonds is 0. The van der Waals surface area contributed by atoms with E-state index in [2.05, 4.69) is 20.7 Å². The molecule has 0 saturated heterocycles. The maximum atomic E-state index is 11.6. The minimum atomic E-state index is -0.602. The summed E-state index contributed by atoms with van der Waals surface area (Å²) in [6, 6.07) is 1.77. The first-order valence-corrected chi connectivity index (χ1v) is 4.38. The molecule has 15 heavy (non-hydrogen) atoms. The Labute approximate surface area is 83.7 Å². The summed E-state index contributed by atoms with van der Waals surface area (Å²) >= 11 is 0. The molecule has 6 heteroatoms.